The Balaban J connectivity index is 0.000000436. The van der Waals surface area contributed by atoms with Crippen LogP contribution in [0.25, 0.3) is 0 Å². The minimum atomic E-state index is -1.11. The van der Waals surface area contributed by atoms with E-state index in [1.807, 2.05) is 12.1 Å². The number of carbonyl (C=O) groups is 2. The number of hydrogen-bond donors (Lipinski definition) is 3. The number of phenols is 1. The topological polar surface area (TPSA) is 94.8 Å². The van der Waals surface area contributed by atoms with Crippen molar-refractivity contribution in [2.45, 2.75) is 26.2 Å². The van der Waals surface area contributed by atoms with Crippen molar-refractivity contribution in [2.75, 3.05) is 0 Å². The summed E-state index contributed by atoms with van der Waals surface area (Å²) >= 11 is 0. The van der Waals surface area contributed by atoms with Crippen LogP contribution in [0.5, 0.6) is 5.75 Å². The first-order chi connectivity index (χ1) is 10.6. The van der Waals surface area contributed by atoms with Crippen LogP contribution in [-0.4, -0.2) is 27.3 Å². The summed E-state index contributed by atoms with van der Waals surface area (Å²) in [5.41, 5.74) is 1.50. The molecule has 2 aromatic carbocycles. The van der Waals surface area contributed by atoms with Gasteiger partial charge in [0.15, 0.2) is 0 Å². The van der Waals surface area contributed by atoms with E-state index >= 15 is 0 Å². The van der Waals surface area contributed by atoms with Gasteiger partial charge in [0.05, 0.1) is 5.56 Å². The summed E-state index contributed by atoms with van der Waals surface area (Å²) in [7, 11) is 0. The van der Waals surface area contributed by atoms with Gasteiger partial charge in [-0.2, -0.15) is 0 Å². The molecular formula is C18H20O5Zn. The van der Waals surface area contributed by atoms with Crippen LogP contribution < -0.4 is 0 Å². The van der Waals surface area contributed by atoms with Crippen molar-refractivity contribution >= 4 is 11.9 Å². The Morgan fingerprint density at radius 2 is 1.33 bits per heavy atom. The van der Waals surface area contributed by atoms with E-state index in [0.717, 1.165) is 5.56 Å². The predicted molar refractivity (Wildman–Crippen MR) is 87.2 cm³/mol. The van der Waals surface area contributed by atoms with Crippen LogP contribution >= 0.6 is 0 Å². The summed E-state index contributed by atoms with van der Waals surface area (Å²) in [5.74, 6) is -2.19. The number of benzene rings is 2. The van der Waals surface area contributed by atoms with Crippen molar-refractivity contribution in [3.63, 3.8) is 0 Å². The zero-order chi connectivity index (χ0) is 17.6. The second kappa shape index (κ2) is 9.19. The third kappa shape index (κ3) is 6.51. The van der Waals surface area contributed by atoms with Crippen LogP contribution in [0.1, 0.15) is 47.1 Å². The van der Waals surface area contributed by atoms with E-state index in [-0.39, 0.29) is 36.2 Å². The Hall–Kier alpha value is -2.20. The number of carboxylic acids is 2. The Morgan fingerprint density at radius 1 is 0.833 bits per heavy atom. The van der Waals surface area contributed by atoms with Crippen molar-refractivity contribution in [2.24, 2.45) is 0 Å². The van der Waals surface area contributed by atoms with Gasteiger partial charge in [-0.25, -0.2) is 9.59 Å². The van der Waals surface area contributed by atoms with Gasteiger partial charge in [-0.1, -0.05) is 45.0 Å². The second-order valence-electron chi connectivity index (χ2n) is 5.95. The van der Waals surface area contributed by atoms with Crippen molar-refractivity contribution < 1.29 is 44.4 Å². The molecule has 24 heavy (non-hydrogen) atoms. The fraction of sp³-hybridized carbons (Fsp3) is 0.222. The molecule has 6 heteroatoms. The second-order valence-corrected chi connectivity index (χ2v) is 5.95. The van der Waals surface area contributed by atoms with Gasteiger partial charge in [0, 0.05) is 19.5 Å². The van der Waals surface area contributed by atoms with Crippen molar-refractivity contribution in [1.29, 1.82) is 0 Å². The van der Waals surface area contributed by atoms with Crippen LogP contribution in [0.3, 0.4) is 0 Å². The smallest absolute Gasteiger partial charge is 0.339 e. The Labute approximate surface area is 153 Å². The first kappa shape index (κ1) is 21.8. The van der Waals surface area contributed by atoms with E-state index in [1.165, 1.54) is 12.1 Å². The maximum absolute atomic E-state index is 10.6. The van der Waals surface area contributed by atoms with Crippen LogP contribution in [0.2, 0.25) is 0 Å². The number of aromatic carboxylic acids is 2. The molecular weight excluding hydrogens is 362 g/mol. The molecule has 0 spiro atoms. The maximum Gasteiger partial charge on any atom is 0.339 e. The molecule has 0 amide bonds. The summed E-state index contributed by atoms with van der Waals surface area (Å²) in [4.78, 5) is 20.8. The van der Waals surface area contributed by atoms with E-state index < -0.39 is 11.9 Å². The normalized spacial score (nSPS) is 9.96. The van der Waals surface area contributed by atoms with Crippen molar-refractivity contribution in [3.8, 4) is 5.75 Å². The van der Waals surface area contributed by atoms with Gasteiger partial charge in [-0.05, 0) is 35.2 Å². The number of aromatic hydroxyl groups is 1. The average molecular weight is 382 g/mol. The molecule has 0 bridgehead atoms. The summed E-state index contributed by atoms with van der Waals surface area (Å²) in [6.45, 7) is 6.30. The zero-order valence-electron chi connectivity index (χ0n) is 14.0. The van der Waals surface area contributed by atoms with Gasteiger partial charge in [0.1, 0.15) is 11.3 Å². The molecule has 2 aromatic rings. The molecule has 0 aliphatic heterocycles. The van der Waals surface area contributed by atoms with E-state index in [2.05, 4.69) is 20.8 Å². The molecule has 2 rings (SSSR count). The minimum absolute atomic E-state index is 0. The third-order valence-corrected chi connectivity index (χ3v) is 3.13. The molecule has 0 aliphatic carbocycles. The molecule has 0 atom stereocenters. The summed E-state index contributed by atoms with van der Waals surface area (Å²) in [5, 5.41) is 26.0. The van der Waals surface area contributed by atoms with E-state index in [9.17, 15) is 9.59 Å². The van der Waals surface area contributed by atoms with Crippen molar-refractivity contribution in [1.82, 2.24) is 0 Å². The van der Waals surface area contributed by atoms with Gasteiger partial charge in [0.2, 0.25) is 0 Å². The standard InChI is InChI=1S/C11H14O2.C7H6O3.Zn/c1-11(2,3)9-6-4-8(5-7-9)10(12)13;8-6-4-2-1-3-5(6)7(9)10;/h4-7H,1-3H3,(H,12,13);1-4,8H,(H,9,10);. The molecule has 0 fully saturated rings. The number of para-hydroxylation sites is 1. The molecule has 0 aliphatic rings. The van der Waals surface area contributed by atoms with Gasteiger partial charge >= 0.3 is 11.9 Å². The van der Waals surface area contributed by atoms with E-state index in [1.54, 1.807) is 24.3 Å². The van der Waals surface area contributed by atoms with Gasteiger partial charge < -0.3 is 15.3 Å². The van der Waals surface area contributed by atoms with Crippen LogP contribution in [0.4, 0.5) is 0 Å². The van der Waals surface area contributed by atoms with Gasteiger partial charge in [0.25, 0.3) is 0 Å². The number of rotatable bonds is 2. The SMILES string of the molecule is CC(C)(C)c1ccc(C(=O)O)cc1.O=C(O)c1ccccc1O.[Zn]. The fourth-order valence-corrected chi connectivity index (χ4v) is 1.77. The van der Waals surface area contributed by atoms with Crippen LogP contribution in [-0.2, 0) is 24.9 Å². The molecule has 0 aromatic heterocycles. The largest absolute Gasteiger partial charge is 0.507 e. The third-order valence-electron chi connectivity index (χ3n) is 3.13. The predicted octanol–water partition coefficient (Wildman–Crippen LogP) is 3.77. The first-order valence-corrected chi connectivity index (χ1v) is 6.98. The molecule has 0 heterocycles. The summed E-state index contributed by atoms with van der Waals surface area (Å²) in [6, 6.07) is 12.8. The Bertz CT molecular complexity index is 687. The molecule has 3 N–H and O–H groups in total. The molecule has 0 saturated heterocycles. The molecule has 5 nitrogen and oxygen atoms in total. The van der Waals surface area contributed by atoms with Gasteiger partial charge in [-0.15, -0.1) is 0 Å². The maximum atomic E-state index is 10.6. The summed E-state index contributed by atoms with van der Waals surface area (Å²) in [6.07, 6.45) is 0. The Morgan fingerprint density at radius 3 is 1.67 bits per heavy atom. The molecule has 0 radical (unpaired) electrons. The quantitative estimate of drug-likeness (QED) is 0.688. The van der Waals surface area contributed by atoms with E-state index in [4.69, 9.17) is 15.3 Å². The summed E-state index contributed by atoms with van der Waals surface area (Å²) < 4.78 is 0. The van der Waals surface area contributed by atoms with Crippen LogP contribution in [0, 0.1) is 0 Å². The van der Waals surface area contributed by atoms with Crippen molar-refractivity contribution in [3.05, 3.63) is 65.2 Å². The molecule has 124 valence electrons. The minimum Gasteiger partial charge on any atom is -0.507 e. The van der Waals surface area contributed by atoms with E-state index in [0.29, 0.717) is 5.56 Å². The fourth-order valence-electron chi connectivity index (χ4n) is 1.77. The Kier molecular flexibility index (Phi) is 8.34. The average Bonchev–Trinajstić information content (AvgIpc) is 2.47. The number of hydrogen-bond acceptors (Lipinski definition) is 3. The number of carboxylic acid groups (broad SMARTS) is 2. The monoisotopic (exact) mass is 380 g/mol. The van der Waals surface area contributed by atoms with Gasteiger partial charge in [-0.3, -0.25) is 0 Å². The first-order valence-electron chi connectivity index (χ1n) is 6.98. The molecule has 0 saturated carbocycles. The zero-order valence-corrected chi connectivity index (χ0v) is 17.0. The van der Waals surface area contributed by atoms with Crippen LogP contribution in [0.15, 0.2) is 48.5 Å². The molecule has 0 unspecified atom stereocenters.